The molecule has 2 aromatic rings. The Morgan fingerprint density at radius 1 is 1.12 bits per heavy atom. The van der Waals surface area contributed by atoms with Gasteiger partial charge in [0.15, 0.2) is 0 Å². The first-order valence-corrected chi connectivity index (χ1v) is 9.25. The van der Waals surface area contributed by atoms with E-state index in [0.29, 0.717) is 0 Å². The largest absolute Gasteiger partial charge is 0.460 e. The number of benzene rings is 2. The molecule has 0 saturated carbocycles. The Balaban J connectivity index is 2.09. The first-order chi connectivity index (χ1) is 11.8. The smallest absolute Gasteiger partial charge is 0.327 e. The van der Waals surface area contributed by atoms with E-state index in [-0.39, 0.29) is 11.5 Å². The Morgan fingerprint density at radius 2 is 1.72 bits per heavy atom. The lowest BCUT2D eigenvalue weighted by atomic mass is 10.2. The van der Waals surface area contributed by atoms with Crippen LogP contribution in [0, 0.1) is 6.92 Å². The summed E-state index contributed by atoms with van der Waals surface area (Å²) < 4.78 is 32.2. The van der Waals surface area contributed by atoms with Crippen LogP contribution in [0.3, 0.4) is 0 Å². The Morgan fingerprint density at radius 3 is 2.28 bits per heavy atom. The van der Waals surface area contributed by atoms with Gasteiger partial charge in [0, 0.05) is 0 Å². The van der Waals surface area contributed by atoms with Crippen molar-refractivity contribution in [2.75, 3.05) is 0 Å². The second kappa shape index (κ2) is 8.24. The van der Waals surface area contributed by atoms with E-state index in [1.807, 2.05) is 13.0 Å². The van der Waals surface area contributed by atoms with Crippen molar-refractivity contribution in [2.45, 2.75) is 37.5 Å². The van der Waals surface area contributed by atoms with Crippen LogP contribution in [0.25, 0.3) is 0 Å². The van der Waals surface area contributed by atoms with Gasteiger partial charge in [-0.1, -0.05) is 48.0 Å². The first kappa shape index (κ1) is 19.1. The number of aliphatic hydroxyl groups is 1. The number of hydrogen-bond donors (Lipinski definition) is 2. The van der Waals surface area contributed by atoms with Crippen molar-refractivity contribution >= 4 is 16.0 Å². The number of esters is 1. The molecular formula is C18H21NO5S. The lowest BCUT2D eigenvalue weighted by Crippen LogP contribution is -2.48. The highest BCUT2D eigenvalue weighted by Gasteiger charge is 2.30. The molecule has 0 bridgehead atoms. The molecule has 25 heavy (non-hydrogen) atoms. The van der Waals surface area contributed by atoms with Gasteiger partial charge in [0.05, 0.1) is 11.0 Å². The maximum atomic E-state index is 12.4. The van der Waals surface area contributed by atoms with Crippen molar-refractivity contribution in [1.29, 1.82) is 0 Å². The Kier molecular flexibility index (Phi) is 6.30. The van der Waals surface area contributed by atoms with Crippen LogP contribution in [0.4, 0.5) is 0 Å². The van der Waals surface area contributed by atoms with Crippen molar-refractivity contribution in [3.8, 4) is 0 Å². The standard InChI is InChI=1S/C18H21NO5S/c1-13-8-10-16(11-9-13)25(22,23)19-17(14(2)20)18(21)24-12-15-6-4-3-5-7-15/h3-11,14,17,19-20H,12H2,1-2H3/t14?,17-/m0/s1. The fraction of sp³-hybridized carbons (Fsp3) is 0.278. The molecule has 0 aliphatic rings. The minimum Gasteiger partial charge on any atom is -0.460 e. The summed E-state index contributed by atoms with van der Waals surface area (Å²) in [7, 11) is -3.96. The summed E-state index contributed by atoms with van der Waals surface area (Å²) in [6.07, 6.45) is -1.25. The second-order valence-electron chi connectivity index (χ2n) is 5.75. The van der Waals surface area contributed by atoms with Crippen molar-refractivity contribution < 1.29 is 23.1 Å². The van der Waals surface area contributed by atoms with Crippen LogP contribution < -0.4 is 4.72 Å². The fourth-order valence-corrected chi connectivity index (χ4v) is 3.37. The molecule has 0 amide bonds. The summed E-state index contributed by atoms with van der Waals surface area (Å²) >= 11 is 0. The molecule has 2 atom stereocenters. The summed E-state index contributed by atoms with van der Waals surface area (Å²) in [5, 5.41) is 9.81. The van der Waals surface area contributed by atoms with E-state index in [1.165, 1.54) is 19.1 Å². The van der Waals surface area contributed by atoms with Gasteiger partial charge in [0.2, 0.25) is 10.0 Å². The third-order valence-corrected chi connectivity index (χ3v) is 5.03. The van der Waals surface area contributed by atoms with Gasteiger partial charge in [-0.05, 0) is 31.5 Å². The number of nitrogens with one attached hydrogen (secondary N) is 1. The number of carbonyl (C=O) groups excluding carboxylic acids is 1. The zero-order chi connectivity index (χ0) is 18.4. The van der Waals surface area contributed by atoms with Gasteiger partial charge < -0.3 is 9.84 Å². The van der Waals surface area contributed by atoms with Crippen LogP contribution in [0.5, 0.6) is 0 Å². The summed E-state index contributed by atoms with van der Waals surface area (Å²) in [5.41, 5.74) is 1.68. The maximum Gasteiger partial charge on any atom is 0.327 e. The number of ether oxygens (including phenoxy) is 1. The van der Waals surface area contributed by atoms with Gasteiger partial charge in [0.1, 0.15) is 12.6 Å². The molecule has 2 aromatic carbocycles. The molecule has 0 aliphatic carbocycles. The molecule has 0 fully saturated rings. The Bertz CT molecular complexity index is 801. The predicted octanol–water partition coefficient (Wildman–Crippen LogP) is 1.77. The van der Waals surface area contributed by atoms with Gasteiger partial charge in [-0.25, -0.2) is 8.42 Å². The molecule has 0 aromatic heterocycles. The number of sulfonamides is 1. The van der Waals surface area contributed by atoms with Crippen LogP contribution in [-0.2, 0) is 26.2 Å². The van der Waals surface area contributed by atoms with E-state index < -0.39 is 28.1 Å². The number of carbonyl (C=O) groups is 1. The van der Waals surface area contributed by atoms with E-state index in [2.05, 4.69) is 4.72 Å². The zero-order valence-electron chi connectivity index (χ0n) is 14.0. The van der Waals surface area contributed by atoms with Crippen molar-refractivity contribution in [2.24, 2.45) is 0 Å². The molecule has 0 aliphatic heterocycles. The summed E-state index contributed by atoms with van der Waals surface area (Å²) in [4.78, 5) is 12.2. The zero-order valence-corrected chi connectivity index (χ0v) is 14.9. The average Bonchev–Trinajstić information content (AvgIpc) is 2.58. The third-order valence-electron chi connectivity index (χ3n) is 3.57. The topological polar surface area (TPSA) is 92.7 Å². The monoisotopic (exact) mass is 363 g/mol. The van der Waals surface area contributed by atoms with Crippen LogP contribution in [0.2, 0.25) is 0 Å². The van der Waals surface area contributed by atoms with E-state index in [0.717, 1.165) is 11.1 Å². The molecule has 2 N–H and O–H groups in total. The third kappa shape index (κ3) is 5.38. The van der Waals surface area contributed by atoms with Gasteiger partial charge in [-0.2, -0.15) is 4.72 Å². The van der Waals surface area contributed by atoms with E-state index in [1.54, 1.807) is 36.4 Å². The Labute approximate surface area is 147 Å². The summed E-state index contributed by atoms with van der Waals surface area (Å²) in [5.74, 6) is -0.838. The molecule has 0 spiro atoms. The highest BCUT2D eigenvalue weighted by molar-refractivity contribution is 7.89. The van der Waals surface area contributed by atoms with Crippen molar-refractivity contribution in [1.82, 2.24) is 4.72 Å². The number of hydrogen-bond acceptors (Lipinski definition) is 5. The molecule has 0 saturated heterocycles. The van der Waals surface area contributed by atoms with Crippen molar-refractivity contribution in [3.05, 3.63) is 65.7 Å². The van der Waals surface area contributed by atoms with E-state index >= 15 is 0 Å². The second-order valence-corrected chi connectivity index (χ2v) is 7.46. The van der Waals surface area contributed by atoms with Crippen LogP contribution in [0.1, 0.15) is 18.1 Å². The number of rotatable bonds is 7. The van der Waals surface area contributed by atoms with Gasteiger partial charge in [-0.3, -0.25) is 4.79 Å². The van der Waals surface area contributed by atoms with Gasteiger partial charge in [-0.15, -0.1) is 0 Å². The molecule has 2 rings (SSSR count). The number of aliphatic hydroxyl groups excluding tert-OH is 1. The minimum absolute atomic E-state index is 0.00481. The fourth-order valence-electron chi connectivity index (χ4n) is 2.11. The van der Waals surface area contributed by atoms with E-state index in [9.17, 15) is 18.3 Å². The first-order valence-electron chi connectivity index (χ1n) is 7.77. The molecule has 0 radical (unpaired) electrons. The summed E-state index contributed by atoms with van der Waals surface area (Å²) in [6.45, 7) is 3.16. The Hall–Kier alpha value is -2.22. The normalized spacial score (nSPS) is 13.9. The molecular weight excluding hydrogens is 342 g/mol. The summed E-state index contributed by atoms with van der Waals surface area (Å²) in [6, 6.07) is 13.8. The van der Waals surface area contributed by atoms with Crippen LogP contribution in [0.15, 0.2) is 59.5 Å². The van der Waals surface area contributed by atoms with Crippen molar-refractivity contribution in [3.63, 3.8) is 0 Å². The average molecular weight is 363 g/mol. The lowest BCUT2D eigenvalue weighted by Gasteiger charge is -2.20. The van der Waals surface area contributed by atoms with E-state index in [4.69, 9.17) is 4.74 Å². The number of aryl methyl sites for hydroxylation is 1. The minimum atomic E-state index is -3.96. The molecule has 7 heteroatoms. The van der Waals surface area contributed by atoms with Gasteiger partial charge in [0.25, 0.3) is 0 Å². The molecule has 1 unspecified atom stereocenters. The highest BCUT2D eigenvalue weighted by Crippen LogP contribution is 2.12. The molecule has 6 nitrogen and oxygen atoms in total. The molecule has 134 valence electrons. The SMILES string of the molecule is Cc1ccc(S(=O)(=O)N[C@H](C(=O)OCc2ccccc2)C(C)O)cc1. The highest BCUT2D eigenvalue weighted by atomic mass is 32.2. The van der Waals surface area contributed by atoms with Gasteiger partial charge >= 0.3 is 5.97 Å². The molecule has 0 heterocycles. The quantitative estimate of drug-likeness (QED) is 0.732. The predicted molar refractivity (Wildman–Crippen MR) is 93.2 cm³/mol. The van der Waals surface area contributed by atoms with Crippen LogP contribution in [-0.4, -0.2) is 31.6 Å². The lowest BCUT2D eigenvalue weighted by molar-refractivity contribution is -0.149. The van der Waals surface area contributed by atoms with Crippen LogP contribution >= 0.6 is 0 Å². The maximum absolute atomic E-state index is 12.4.